The van der Waals surface area contributed by atoms with E-state index < -0.39 is 16.6 Å². The molecule has 0 spiro atoms. The van der Waals surface area contributed by atoms with E-state index in [0.29, 0.717) is 11.8 Å². The van der Waals surface area contributed by atoms with Crippen molar-refractivity contribution in [2.75, 3.05) is 26.2 Å². The zero-order valence-electron chi connectivity index (χ0n) is 18.7. The minimum absolute atomic E-state index is 0.0303. The fourth-order valence-electron chi connectivity index (χ4n) is 4.34. The van der Waals surface area contributed by atoms with Gasteiger partial charge in [0.2, 0.25) is 0 Å². The molecular weight excluding hydrogens is 356 g/mol. The summed E-state index contributed by atoms with van der Waals surface area (Å²) < 4.78 is 11.7. The van der Waals surface area contributed by atoms with Crippen LogP contribution >= 0.6 is 0 Å². The fraction of sp³-hybridized carbons (Fsp3) is 0.909. The van der Waals surface area contributed by atoms with Gasteiger partial charge in [0.05, 0.1) is 11.8 Å². The number of ether oxygens (including phenoxy) is 2. The van der Waals surface area contributed by atoms with E-state index in [-0.39, 0.29) is 18.4 Å². The number of hydrogen-bond acceptors (Lipinski definition) is 6. The van der Waals surface area contributed by atoms with Crippen LogP contribution in [0.1, 0.15) is 73.6 Å². The predicted molar refractivity (Wildman–Crippen MR) is 110 cm³/mol. The molecule has 0 aromatic carbocycles. The average molecular weight is 397 g/mol. The molecule has 0 aliphatic carbocycles. The Labute approximate surface area is 170 Å². The second-order valence-corrected chi connectivity index (χ2v) is 10.2. The summed E-state index contributed by atoms with van der Waals surface area (Å²) in [6.07, 6.45) is 4.01. The van der Waals surface area contributed by atoms with Gasteiger partial charge in [-0.15, -0.1) is 0 Å². The lowest BCUT2D eigenvalue weighted by Crippen LogP contribution is -2.46. The van der Waals surface area contributed by atoms with Crippen LogP contribution < -0.4 is 10.6 Å². The van der Waals surface area contributed by atoms with Gasteiger partial charge in [-0.2, -0.15) is 0 Å². The van der Waals surface area contributed by atoms with Gasteiger partial charge in [0.25, 0.3) is 0 Å². The van der Waals surface area contributed by atoms with Gasteiger partial charge >= 0.3 is 11.9 Å². The molecule has 162 valence electrons. The summed E-state index contributed by atoms with van der Waals surface area (Å²) in [7, 11) is 0. The summed E-state index contributed by atoms with van der Waals surface area (Å²) in [5, 5.41) is 6.68. The van der Waals surface area contributed by atoms with Crippen LogP contribution in [0.3, 0.4) is 0 Å². The summed E-state index contributed by atoms with van der Waals surface area (Å²) in [4.78, 5) is 25.5. The third kappa shape index (κ3) is 6.18. The van der Waals surface area contributed by atoms with Crippen LogP contribution in [-0.2, 0) is 19.1 Å². The first-order valence-corrected chi connectivity index (χ1v) is 10.8. The third-order valence-corrected chi connectivity index (χ3v) is 6.52. The quantitative estimate of drug-likeness (QED) is 0.644. The highest BCUT2D eigenvalue weighted by Crippen LogP contribution is 2.34. The van der Waals surface area contributed by atoms with Crippen LogP contribution in [0.5, 0.6) is 0 Å². The molecule has 0 bridgehead atoms. The molecular formula is C22H40N2O4. The first-order valence-electron chi connectivity index (χ1n) is 10.8. The largest absolute Gasteiger partial charge is 0.459 e. The Balaban J connectivity index is 1.91. The van der Waals surface area contributed by atoms with Gasteiger partial charge in [0.1, 0.15) is 11.2 Å². The van der Waals surface area contributed by atoms with Crippen molar-refractivity contribution in [2.45, 2.75) is 84.8 Å². The molecule has 2 heterocycles. The van der Waals surface area contributed by atoms with Crippen LogP contribution in [0.2, 0.25) is 0 Å². The van der Waals surface area contributed by atoms with Crippen LogP contribution in [-0.4, -0.2) is 49.3 Å². The molecule has 0 unspecified atom stereocenters. The first kappa shape index (κ1) is 23.1. The van der Waals surface area contributed by atoms with Crippen LogP contribution in [0.15, 0.2) is 0 Å². The predicted octanol–water partition coefficient (Wildman–Crippen LogP) is 3.05. The summed E-state index contributed by atoms with van der Waals surface area (Å²) in [6, 6.07) is 0. The van der Waals surface area contributed by atoms with Gasteiger partial charge in [0.15, 0.2) is 0 Å². The maximum Gasteiger partial charge on any atom is 0.312 e. The monoisotopic (exact) mass is 396 g/mol. The Hall–Kier alpha value is -1.14. The van der Waals surface area contributed by atoms with Crippen molar-refractivity contribution in [3.63, 3.8) is 0 Å². The lowest BCUT2D eigenvalue weighted by molar-refractivity contribution is -0.180. The topological polar surface area (TPSA) is 76.7 Å². The molecule has 0 saturated carbocycles. The lowest BCUT2D eigenvalue weighted by Gasteiger charge is -2.39. The number of carbonyl (C=O) groups is 2. The second-order valence-electron chi connectivity index (χ2n) is 10.2. The van der Waals surface area contributed by atoms with Gasteiger partial charge in [-0.3, -0.25) is 9.59 Å². The van der Waals surface area contributed by atoms with E-state index in [1.807, 2.05) is 27.7 Å². The molecule has 2 fully saturated rings. The van der Waals surface area contributed by atoms with Crippen molar-refractivity contribution in [3.05, 3.63) is 0 Å². The number of nitrogens with one attached hydrogen (secondary N) is 2. The summed E-state index contributed by atoms with van der Waals surface area (Å²) in [5.74, 6) is 0.0173. The minimum atomic E-state index is -0.911. The van der Waals surface area contributed by atoms with Crippen molar-refractivity contribution in [1.29, 1.82) is 0 Å². The zero-order chi connectivity index (χ0) is 21.0. The average Bonchev–Trinajstić information content (AvgIpc) is 2.62. The van der Waals surface area contributed by atoms with Crippen molar-refractivity contribution >= 4 is 11.9 Å². The lowest BCUT2D eigenvalue weighted by atomic mass is 9.82. The van der Waals surface area contributed by atoms with Crippen molar-refractivity contribution in [1.82, 2.24) is 10.6 Å². The third-order valence-electron chi connectivity index (χ3n) is 6.52. The fourth-order valence-corrected chi connectivity index (χ4v) is 4.34. The van der Waals surface area contributed by atoms with Crippen molar-refractivity contribution in [2.24, 2.45) is 17.3 Å². The van der Waals surface area contributed by atoms with E-state index in [1.54, 1.807) is 13.8 Å². The van der Waals surface area contributed by atoms with Gasteiger partial charge in [-0.25, -0.2) is 0 Å². The smallest absolute Gasteiger partial charge is 0.312 e. The molecule has 2 N–H and O–H groups in total. The highest BCUT2D eigenvalue weighted by atomic mass is 16.6. The van der Waals surface area contributed by atoms with E-state index in [4.69, 9.17) is 9.47 Å². The SMILES string of the molecule is CC(C)(CC(=O)OC(C)(C)C1CCNCC1)C(=O)OC(C)(C)C1CCNCC1. The first-order chi connectivity index (χ1) is 12.9. The van der Waals surface area contributed by atoms with Crippen LogP contribution in [0.4, 0.5) is 0 Å². The highest BCUT2D eigenvalue weighted by molar-refractivity contribution is 5.83. The van der Waals surface area contributed by atoms with Gasteiger partial charge in [0, 0.05) is 11.8 Å². The molecule has 0 aromatic heterocycles. The molecule has 0 aromatic rings. The Bertz CT molecular complexity index is 545. The molecule has 6 nitrogen and oxygen atoms in total. The van der Waals surface area contributed by atoms with Crippen LogP contribution in [0.25, 0.3) is 0 Å². The molecule has 28 heavy (non-hydrogen) atoms. The number of rotatable bonds is 7. The standard InChI is InChI=1S/C22H40N2O4/c1-20(2,19(26)28-22(5,6)17-9-13-24-14-10-17)15-18(25)27-21(3,4)16-7-11-23-12-8-16/h16-17,23-24H,7-15H2,1-6H3. The number of carbonyl (C=O) groups excluding carboxylic acids is 2. The van der Waals surface area contributed by atoms with E-state index >= 15 is 0 Å². The Kier molecular flexibility index (Phi) is 7.54. The molecule has 0 radical (unpaired) electrons. The highest BCUT2D eigenvalue weighted by Gasteiger charge is 2.41. The molecule has 2 aliphatic heterocycles. The normalized spacial score (nSPS) is 20.6. The Morgan fingerprint density at radius 1 is 0.750 bits per heavy atom. The van der Waals surface area contributed by atoms with Crippen LogP contribution in [0, 0.1) is 17.3 Å². The maximum atomic E-state index is 12.9. The van der Waals surface area contributed by atoms with E-state index in [0.717, 1.165) is 51.9 Å². The number of hydrogen-bond donors (Lipinski definition) is 2. The molecule has 0 atom stereocenters. The van der Waals surface area contributed by atoms with Gasteiger partial charge in [-0.1, -0.05) is 0 Å². The molecule has 2 rings (SSSR count). The number of piperidine rings is 2. The van der Waals surface area contributed by atoms with Gasteiger partial charge < -0.3 is 20.1 Å². The zero-order valence-corrected chi connectivity index (χ0v) is 18.7. The summed E-state index contributed by atoms with van der Waals surface area (Å²) in [6.45, 7) is 15.3. The molecule has 0 amide bonds. The minimum Gasteiger partial charge on any atom is -0.459 e. The second kappa shape index (κ2) is 9.12. The van der Waals surface area contributed by atoms with E-state index in [1.165, 1.54) is 0 Å². The number of esters is 2. The summed E-state index contributed by atoms with van der Waals surface area (Å²) >= 11 is 0. The van der Waals surface area contributed by atoms with E-state index in [2.05, 4.69) is 10.6 Å². The van der Waals surface area contributed by atoms with Crippen molar-refractivity contribution < 1.29 is 19.1 Å². The molecule has 6 heteroatoms. The van der Waals surface area contributed by atoms with E-state index in [9.17, 15) is 9.59 Å². The Morgan fingerprint density at radius 2 is 1.14 bits per heavy atom. The Morgan fingerprint density at radius 3 is 1.57 bits per heavy atom. The molecule has 2 aliphatic rings. The van der Waals surface area contributed by atoms with Gasteiger partial charge in [-0.05, 0) is 93.4 Å². The molecule has 2 saturated heterocycles. The summed E-state index contributed by atoms with van der Waals surface area (Å²) in [5.41, 5.74) is -1.96. The maximum absolute atomic E-state index is 12.9. The van der Waals surface area contributed by atoms with Crippen molar-refractivity contribution in [3.8, 4) is 0 Å².